The number of nitrogens with zero attached hydrogens (tertiary/aromatic N) is 3. The molecule has 2 heterocycles. The van der Waals surface area contributed by atoms with Gasteiger partial charge in [-0.25, -0.2) is 4.99 Å². The zero-order chi connectivity index (χ0) is 14.7. The van der Waals surface area contributed by atoms with Gasteiger partial charge in [0.05, 0.1) is 29.8 Å². The van der Waals surface area contributed by atoms with Crippen LogP contribution in [0.25, 0.3) is 0 Å². The van der Waals surface area contributed by atoms with Gasteiger partial charge in [-0.3, -0.25) is 0 Å². The first kappa shape index (κ1) is 16.9. The van der Waals surface area contributed by atoms with Crippen molar-refractivity contribution in [2.24, 2.45) is 10.7 Å². The minimum absolute atomic E-state index is 0. The second kappa shape index (κ2) is 7.73. The molecule has 0 radical (unpaired) electrons. The van der Waals surface area contributed by atoms with Crippen LogP contribution < -0.4 is 15.8 Å². The first-order valence-corrected chi connectivity index (χ1v) is 7.57. The predicted molar refractivity (Wildman–Crippen MR) is 97.8 cm³/mol. The lowest BCUT2D eigenvalue weighted by molar-refractivity contribution is 0.262. The highest BCUT2D eigenvalue weighted by atomic mass is 127. The Morgan fingerprint density at radius 1 is 1.50 bits per heavy atom. The molecular weight excluding hydrogens is 413 g/mol. The Morgan fingerprint density at radius 2 is 2.32 bits per heavy atom. The third-order valence-electron chi connectivity index (χ3n) is 3.42. The Balaban J connectivity index is 0.00000176. The van der Waals surface area contributed by atoms with Gasteiger partial charge in [0, 0.05) is 12.0 Å². The van der Waals surface area contributed by atoms with Crippen molar-refractivity contribution in [2.75, 3.05) is 6.61 Å². The maximum absolute atomic E-state index is 5.99. The fraction of sp³-hybridized carbons (Fsp3) is 0.357. The highest BCUT2D eigenvalue weighted by Gasteiger charge is 2.21. The van der Waals surface area contributed by atoms with Gasteiger partial charge in [-0.1, -0.05) is 22.7 Å². The van der Waals surface area contributed by atoms with Crippen LogP contribution in [0.1, 0.15) is 28.6 Å². The van der Waals surface area contributed by atoms with Gasteiger partial charge in [-0.15, -0.1) is 29.1 Å². The highest BCUT2D eigenvalue weighted by molar-refractivity contribution is 14.0. The van der Waals surface area contributed by atoms with Crippen LogP contribution in [-0.4, -0.2) is 22.2 Å². The SMILES string of the molecule is Cc1nnsc1CN=C(N)NC1CCOc2ccccc21.I. The van der Waals surface area contributed by atoms with E-state index >= 15 is 0 Å². The first-order valence-electron chi connectivity index (χ1n) is 6.80. The van der Waals surface area contributed by atoms with Gasteiger partial charge in [0.15, 0.2) is 5.96 Å². The maximum atomic E-state index is 5.99. The van der Waals surface area contributed by atoms with Crippen molar-refractivity contribution >= 4 is 41.5 Å². The molecule has 0 saturated heterocycles. The second-order valence-corrected chi connectivity index (χ2v) is 5.69. The van der Waals surface area contributed by atoms with Gasteiger partial charge in [0.2, 0.25) is 0 Å². The lowest BCUT2D eigenvalue weighted by atomic mass is 10.0. The van der Waals surface area contributed by atoms with Crippen molar-refractivity contribution in [3.8, 4) is 5.75 Å². The van der Waals surface area contributed by atoms with E-state index in [1.54, 1.807) is 0 Å². The zero-order valence-corrected chi connectivity index (χ0v) is 15.3. The van der Waals surface area contributed by atoms with E-state index in [4.69, 9.17) is 10.5 Å². The summed E-state index contributed by atoms with van der Waals surface area (Å²) in [5.74, 6) is 1.35. The van der Waals surface area contributed by atoms with Crippen LogP contribution in [0.2, 0.25) is 0 Å². The number of nitrogens with one attached hydrogen (secondary N) is 1. The van der Waals surface area contributed by atoms with Crippen molar-refractivity contribution in [1.29, 1.82) is 0 Å². The Bertz CT molecular complexity index is 660. The topological polar surface area (TPSA) is 85.4 Å². The normalized spacial score (nSPS) is 17.1. The van der Waals surface area contributed by atoms with Gasteiger partial charge >= 0.3 is 0 Å². The van der Waals surface area contributed by atoms with Crippen molar-refractivity contribution in [3.63, 3.8) is 0 Å². The van der Waals surface area contributed by atoms with E-state index in [1.165, 1.54) is 11.5 Å². The summed E-state index contributed by atoms with van der Waals surface area (Å²) in [4.78, 5) is 5.40. The molecule has 0 bridgehead atoms. The van der Waals surface area contributed by atoms with Crippen LogP contribution in [0.3, 0.4) is 0 Å². The number of nitrogens with two attached hydrogens (primary N) is 1. The molecule has 22 heavy (non-hydrogen) atoms. The molecule has 1 aliphatic rings. The van der Waals surface area contributed by atoms with Crippen LogP contribution in [0.4, 0.5) is 0 Å². The van der Waals surface area contributed by atoms with E-state index in [1.807, 2.05) is 25.1 Å². The molecule has 8 heteroatoms. The number of rotatable bonds is 3. The molecule has 0 aliphatic carbocycles. The summed E-state index contributed by atoms with van der Waals surface area (Å²) < 4.78 is 9.52. The van der Waals surface area contributed by atoms with Gasteiger partial charge < -0.3 is 15.8 Å². The monoisotopic (exact) mass is 431 g/mol. The third kappa shape index (κ3) is 3.86. The number of benzene rings is 1. The number of hydrogen-bond donors (Lipinski definition) is 2. The maximum Gasteiger partial charge on any atom is 0.189 e. The largest absolute Gasteiger partial charge is 0.493 e. The number of aryl methyl sites for hydroxylation is 1. The van der Waals surface area contributed by atoms with Gasteiger partial charge in [0.1, 0.15) is 5.75 Å². The van der Waals surface area contributed by atoms with Crippen molar-refractivity contribution in [3.05, 3.63) is 40.4 Å². The summed E-state index contributed by atoms with van der Waals surface area (Å²) >= 11 is 1.35. The fourth-order valence-corrected chi connectivity index (χ4v) is 2.83. The van der Waals surface area contributed by atoms with Gasteiger partial charge in [-0.2, -0.15) is 0 Å². The minimum atomic E-state index is 0. The third-order valence-corrected chi connectivity index (χ3v) is 4.23. The Morgan fingerprint density at radius 3 is 3.09 bits per heavy atom. The number of fused-ring (bicyclic) bond motifs is 1. The van der Waals surface area contributed by atoms with Crippen LogP contribution in [0, 0.1) is 6.92 Å². The molecule has 1 aliphatic heterocycles. The summed E-state index contributed by atoms with van der Waals surface area (Å²) in [6, 6.07) is 8.14. The minimum Gasteiger partial charge on any atom is -0.493 e. The van der Waals surface area contributed by atoms with E-state index in [0.29, 0.717) is 19.1 Å². The number of aromatic nitrogens is 2. The lowest BCUT2D eigenvalue weighted by Gasteiger charge is -2.26. The Kier molecular flexibility index (Phi) is 5.95. The number of guanidine groups is 1. The standard InChI is InChI=1S/C14H17N5OS.HI/c1-9-13(21-19-18-9)8-16-14(15)17-11-6-7-20-12-5-3-2-4-10(11)12;/h2-5,11H,6-8H2,1H3,(H3,15,16,17);1H. The molecule has 0 fully saturated rings. The summed E-state index contributed by atoms with van der Waals surface area (Å²) in [5, 5.41) is 7.23. The molecule has 6 nitrogen and oxygen atoms in total. The average molecular weight is 431 g/mol. The van der Waals surface area contributed by atoms with Gasteiger partial charge in [0.25, 0.3) is 0 Å². The van der Waals surface area contributed by atoms with Crippen LogP contribution >= 0.6 is 35.5 Å². The summed E-state index contributed by atoms with van der Waals surface area (Å²) in [6.07, 6.45) is 0.869. The fourth-order valence-electron chi connectivity index (χ4n) is 2.27. The second-order valence-electron chi connectivity index (χ2n) is 4.85. The molecule has 1 unspecified atom stereocenters. The Hall–Kier alpha value is -1.42. The Labute approximate surface area is 150 Å². The number of aliphatic imine (C=N–C) groups is 1. The lowest BCUT2D eigenvalue weighted by Crippen LogP contribution is -2.37. The van der Waals surface area contributed by atoms with E-state index in [0.717, 1.165) is 28.3 Å². The molecule has 1 aromatic heterocycles. The molecular formula is C14H18IN5OS. The van der Waals surface area contributed by atoms with E-state index < -0.39 is 0 Å². The molecule has 1 atom stereocenters. The molecule has 0 amide bonds. The van der Waals surface area contributed by atoms with Crippen molar-refractivity contribution in [1.82, 2.24) is 14.9 Å². The van der Waals surface area contributed by atoms with Crippen molar-refractivity contribution < 1.29 is 4.74 Å². The first-order chi connectivity index (χ1) is 10.2. The number of ether oxygens (including phenoxy) is 1. The molecule has 3 N–H and O–H groups in total. The van der Waals surface area contributed by atoms with Crippen LogP contribution in [-0.2, 0) is 6.54 Å². The van der Waals surface area contributed by atoms with E-state index in [2.05, 4.69) is 26.0 Å². The van der Waals surface area contributed by atoms with Crippen LogP contribution in [0.5, 0.6) is 5.75 Å². The van der Waals surface area contributed by atoms with E-state index in [9.17, 15) is 0 Å². The van der Waals surface area contributed by atoms with Crippen molar-refractivity contribution in [2.45, 2.75) is 25.9 Å². The summed E-state index contributed by atoms with van der Waals surface area (Å²) in [5.41, 5.74) is 8.02. The molecule has 0 saturated carbocycles. The predicted octanol–water partition coefficient (Wildman–Crippen LogP) is 2.39. The van der Waals surface area contributed by atoms with Crippen LogP contribution in [0.15, 0.2) is 29.3 Å². The quantitative estimate of drug-likeness (QED) is 0.443. The molecule has 0 spiro atoms. The number of para-hydroxylation sites is 1. The number of hydrogen-bond acceptors (Lipinski definition) is 5. The summed E-state index contributed by atoms with van der Waals surface area (Å²) in [6.45, 7) is 3.11. The molecule has 118 valence electrons. The average Bonchev–Trinajstić information content (AvgIpc) is 2.91. The highest BCUT2D eigenvalue weighted by Crippen LogP contribution is 2.31. The zero-order valence-electron chi connectivity index (χ0n) is 12.2. The van der Waals surface area contributed by atoms with Gasteiger partial charge in [-0.05, 0) is 24.5 Å². The van der Waals surface area contributed by atoms with E-state index in [-0.39, 0.29) is 30.0 Å². The molecule has 2 aromatic rings. The smallest absolute Gasteiger partial charge is 0.189 e. The molecule has 3 rings (SSSR count). The molecule has 1 aromatic carbocycles. The summed E-state index contributed by atoms with van der Waals surface area (Å²) in [7, 11) is 0. The number of halogens is 1.